The molecule has 3 aromatic rings. The van der Waals surface area contributed by atoms with Crippen LogP contribution >= 0.6 is 11.6 Å². The lowest BCUT2D eigenvalue weighted by molar-refractivity contribution is -0.138. The first kappa shape index (κ1) is 26.2. The first-order valence-corrected chi connectivity index (χ1v) is 11.9. The fraction of sp³-hybridized carbons (Fsp3) is 0.333. The highest BCUT2D eigenvalue weighted by atomic mass is 35.5. The number of hydrogen-bond donors (Lipinski definition) is 2. The molecule has 0 bridgehead atoms. The average Bonchev–Trinajstić information content (AvgIpc) is 2.77. The maximum atomic E-state index is 13.4. The van der Waals surface area contributed by atoms with Gasteiger partial charge in [0.1, 0.15) is 6.04 Å². The van der Waals surface area contributed by atoms with Gasteiger partial charge in [0.2, 0.25) is 5.91 Å². The monoisotopic (exact) mass is 495 g/mol. The van der Waals surface area contributed by atoms with Gasteiger partial charge in [-0.25, -0.2) is 0 Å². The molecular formula is C27H30ClN3O4. The van der Waals surface area contributed by atoms with E-state index < -0.39 is 24.0 Å². The van der Waals surface area contributed by atoms with Crippen LogP contribution < -0.4 is 10.9 Å². The molecule has 2 N–H and O–H groups in total. The van der Waals surface area contributed by atoms with E-state index in [1.165, 1.54) is 10.6 Å². The van der Waals surface area contributed by atoms with Gasteiger partial charge in [-0.3, -0.25) is 19.4 Å². The Hall–Kier alpha value is -3.45. The number of carboxylic acids is 1. The van der Waals surface area contributed by atoms with Gasteiger partial charge in [-0.05, 0) is 61.1 Å². The summed E-state index contributed by atoms with van der Waals surface area (Å²) in [6.45, 7) is 7.67. The highest BCUT2D eigenvalue weighted by Gasteiger charge is 2.27. The van der Waals surface area contributed by atoms with E-state index in [0.29, 0.717) is 17.0 Å². The number of nitrogens with one attached hydrogen (secondary N) is 1. The molecule has 0 aliphatic carbocycles. The molecule has 0 aliphatic rings. The van der Waals surface area contributed by atoms with Crippen LogP contribution in [0.3, 0.4) is 0 Å². The number of carbonyl (C=O) groups excluding carboxylic acids is 1. The molecule has 2 heterocycles. The third kappa shape index (κ3) is 6.57. The maximum Gasteiger partial charge on any atom is 0.305 e. The van der Waals surface area contributed by atoms with E-state index in [1.807, 2.05) is 39.8 Å². The van der Waals surface area contributed by atoms with Crippen molar-refractivity contribution in [1.29, 1.82) is 0 Å². The first-order valence-electron chi connectivity index (χ1n) is 11.5. The van der Waals surface area contributed by atoms with Gasteiger partial charge in [-0.15, -0.1) is 0 Å². The van der Waals surface area contributed by atoms with Crippen LogP contribution in [0.25, 0.3) is 11.1 Å². The van der Waals surface area contributed by atoms with E-state index >= 15 is 0 Å². The number of aryl methyl sites for hydroxylation is 2. The average molecular weight is 496 g/mol. The van der Waals surface area contributed by atoms with Crippen LogP contribution in [0.2, 0.25) is 5.02 Å². The van der Waals surface area contributed by atoms with E-state index in [-0.39, 0.29) is 17.9 Å². The van der Waals surface area contributed by atoms with Gasteiger partial charge in [-0.2, -0.15) is 0 Å². The number of rotatable bonds is 9. The number of hydrogen-bond acceptors (Lipinski definition) is 4. The predicted molar refractivity (Wildman–Crippen MR) is 136 cm³/mol. The molecule has 0 fully saturated rings. The number of pyridine rings is 2. The number of carboxylic acid groups (broad SMARTS) is 1. The molecule has 8 heteroatoms. The largest absolute Gasteiger partial charge is 0.481 e. The second kappa shape index (κ2) is 11.3. The Bertz CT molecular complexity index is 1270. The topological polar surface area (TPSA) is 101 Å². The van der Waals surface area contributed by atoms with Gasteiger partial charge >= 0.3 is 5.97 Å². The number of carbonyl (C=O) groups is 2. The zero-order valence-corrected chi connectivity index (χ0v) is 21.0. The second-order valence-corrected chi connectivity index (χ2v) is 9.60. The van der Waals surface area contributed by atoms with Crippen LogP contribution in [0.4, 0.5) is 0 Å². The van der Waals surface area contributed by atoms with Gasteiger partial charge in [-0.1, -0.05) is 37.6 Å². The Morgan fingerprint density at radius 3 is 2.51 bits per heavy atom. The summed E-state index contributed by atoms with van der Waals surface area (Å²) in [6, 6.07) is 9.00. The van der Waals surface area contributed by atoms with Crippen molar-refractivity contribution in [3.63, 3.8) is 0 Å². The Kier molecular flexibility index (Phi) is 8.46. The summed E-state index contributed by atoms with van der Waals surface area (Å²) >= 11 is 6.42. The highest BCUT2D eigenvalue weighted by molar-refractivity contribution is 6.33. The van der Waals surface area contributed by atoms with Crippen molar-refractivity contribution >= 4 is 23.5 Å². The van der Waals surface area contributed by atoms with Gasteiger partial charge in [0.25, 0.3) is 5.56 Å². The standard InChI is InChI=1S/C27H30ClN3O4/c1-16(2)10-23(31-9-8-17(3)11-24(31)32)27(35)30-22(13-25(33)34)19-12-20(15-29-14-19)26-18(4)6-5-7-21(26)28/h5-9,11-12,14-16,22-23H,10,13H2,1-4H3,(H,30,35)(H,33,34)/t22-,23?/m0/s1. The Morgan fingerprint density at radius 2 is 1.89 bits per heavy atom. The predicted octanol–water partition coefficient (Wildman–Crippen LogP) is 5.10. The van der Waals surface area contributed by atoms with Gasteiger partial charge in [0.05, 0.1) is 12.5 Å². The molecule has 1 aromatic carbocycles. The minimum absolute atomic E-state index is 0.130. The minimum Gasteiger partial charge on any atom is -0.481 e. The molecule has 35 heavy (non-hydrogen) atoms. The zero-order chi connectivity index (χ0) is 25.7. The Morgan fingerprint density at radius 1 is 1.14 bits per heavy atom. The number of aliphatic carboxylic acids is 1. The molecule has 2 aromatic heterocycles. The normalized spacial score (nSPS) is 12.9. The number of nitrogens with zero attached hydrogens (tertiary/aromatic N) is 2. The fourth-order valence-electron chi connectivity index (χ4n) is 4.12. The van der Waals surface area contributed by atoms with E-state index in [9.17, 15) is 19.5 Å². The quantitative estimate of drug-likeness (QED) is 0.430. The molecule has 184 valence electrons. The lowest BCUT2D eigenvalue weighted by Crippen LogP contribution is -2.40. The van der Waals surface area contributed by atoms with Crippen LogP contribution in [0, 0.1) is 19.8 Å². The van der Waals surface area contributed by atoms with Crippen LogP contribution in [-0.2, 0) is 9.59 Å². The van der Waals surface area contributed by atoms with Gasteiger partial charge < -0.3 is 15.0 Å². The van der Waals surface area contributed by atoms with Crippen molar-refractivity contribution in [3.05, 3.63) is 87.1 Å². The summed E-state index contributed by atoms with van der Waals surface area (Å²) in [7, 11) is 0. The van der Waals surface area contributed by atoms with E-state index in [4.69, 9.17) is 11.6 Å². The highest BCUT2D eigenvalue weighted by Crippen LogP contribution is 2.32. The summed E-state index contributed by atoms with van der Waals surface area (Å²) in [5.74, 6) is -1.36. The molecule has 0 spiro atoms. The van der Waals surface area contributed by atoms with Crippen molar-refractivity contribution in [2.75, 3.05) is 0 Å². The lowest BCUT2D eigenvalue weighted by atomic mass is 9.97. The minimum atomic E-state index is -1.07. The summed E-state index contributed by atoms with van der Waals surface area (Å²) in [5.41, 5.74) is 3.54. The third-order valence-corrected chi connectivity index (χ3v) is 6.12. The molecule has 0 radical (unpaired) electrons. The van der Waals surface area contributed by atoms with E-state index in [1.54, 1.807) is 36.8 Å². The Balaban J connectivity index is 1.98. The van der Waals surface area contributed by atoms with Crippen molar-refractivity contribution in [3.8, 4) is 11.1 Å². The van der Waals surface area contributed by atoms with Gasteiger partial charge in [0.15, 0.2) is 0 Å². The summed E-state index contributed by atoms with van der Waals surface area (Å²) < 4.78 is 1.40. The summed E-state index contributed by atoms with van der Waals surface area (Å²) in [4.78, 5) is 42.1. The molecule has 0 aliphatic heterocycles. The van der Waals surface area contributed by atoms with Crippen LogP contribution in [-0.4, -0.2) is 26.5 Å². The number of benzene rings is 1. The van der Waals surface area contributed by atoms with Gasteiger partial charge in [0, 0.05) is 40.8 Å². The SMILES string of the molecule is Cc1ccn(C(CC(C)C)C(=O)N[C@@H](CC(=O)O)c2cncc(-c3c(C)cccc3Cl)c2)c(=O)c1. The smallest absolute Gasteiger partial charge is 0.305 e. The van der Waals surface area contributed by atoms with Crippen molar-refractivity contribution in [1.82, 2.24) is 14.9 Å². The molecule has 7 nitrogen and oxygen atoms in total. The lowest BCUT2D eigenvalue weighted by Gasteiger charge is -2.25. The fourth-order valence-corrected chi connectivity index (χ4v) is 4.45. The zero-order valence-electron chi connectivity index (χ0n) is 20.3. The van der Waals surface area contributed by atoms with Crippen molar-refractivity contribution in [2.45, 2.75) is 52.6 Å². The molecule has 0 saturated heterocycles. The second-order valence-electron chi connectivity index (χ2n) is 9.19. The molecule has 1 unspecified atom stereocenters. The third-order valence-electron chi connectivity index (χ3n) is 5.80. The van der Waals surface area contributed by atoms with Crippen LogP contribution in [0.15, 0.2) is 59.8 Å². The summed E-state index contributed by atoms with van der Waals surface area (Å²) in [5, 5.41) is 13.0. The van der Waals surface area contributed by atoms with E-state index in [0.717, 1.165) is 22.3 Å². The maximum absolute atomic E-state index is 13.4. The molecule has 1 amide bonds. The molecule has 2 atom stereocenters. The Labute approximate surface area is 209 Å². The number of aromatic nitrogens is 2. The molecule has 3 rings (SSSR count). The van der Waals surface area contributed by atoms with Crippen LogP contribution in [0.5, 0.6) is 0 Å². The molecule has 0 saturated carbocycles. The first-order chi connectivity index (χ1) is 16.6. The van der Waals surface area contributed by atoms with Crippen molar-refractivity contribution < 1.29 is 14.7 Å². The van der Waals surface area contributed by atoms with E-state index in [2.05, 4.69) is 10.3 Å². The number of amides is 1. The molecular weight excluding hydrogens is 466 g/mol. The van der Waals surface area contributed by atoms with Crippen molar-refractivity contribution in [2.24, 2.45) is 5.92 Å². The summed E-state index contributed by atoms with van der Waals surface area (Å²) in [6.07, 6.45) is 4.89. The van der Waals surface area contributed by atoms with Crippen LogP contribution in [0.1, 0.15) is 55.5 Å². The number of halogens is 1.